The van der Waals surface area contributed by atoms with Crippen molar-refractivity contribution in [3.63, 3.8) is 0 Å². The van der Waals surface area contributed by atoms with Crippen molar-refractivity contribution in [2.24, 2.45) is 0 Å². The summed E-state index contributed by atoms with van der Waals surface area (Å²) < 4.78 is 45.6. The summed E-state index contributed by atoms with van der Waals surface area (Å²) in [4.78, 5) is 14.0. The molecule has 9 heteroatoms. The van der Waals surface area contributed by atoms with Gasteiger partial charge in [-0.2, -0.15) is 0 Å². The number of carbonyl (C=O) groups is 1. The van der Waals surface area contributed by atoms with E-state index in [-0.39, 0.29) is 11.5 Å². The number of carboxylic acid groups (broad SMARTS) is 1. The second-order valence-electron chi connectivity index (χ2n) is 4.64. The van der Waals surface area contributed by atoms with Gasteiger partial charge in [-0.15, -0.1) is 13.2 Å². The predicted molar refractivity (Wildman–Crippen MR) is 71.5 cm³/mol. The van der Waals surface area contributed by atoms with Crippen LogP contribution in [0.15, 0.2) is 18.2 Å². The van der Waals surface area contributed by atoms with Crippen molar-refractivity contribution in [1.29, 1.82) is 0 Å². The SMILES string of the molecule is COc1cc(OC(F)(F)F)ccc1N1CCN(C(=O)O)CC1. The fraction of sp³-hybridized carbons (Fsp3) is 0.462. The highest BCUT2D eigenvalue weighted by atomic mass is 19.4. The lowest BCUT2D eigenvalue weighted by atomic mass is 10.2. The zero-order chi connectivity index (χ0) is 16.3. The smallest absolute Gasteiger partial charge is 0.494 e. The molecule has 1 saturated heterocycles. The summed E-state index contributed by atoms with van der Waals surface area (Å²) in [5.41, 5.74) is 0.599. The molecule has 0 radical (unpaired) electrons. The number of hydrogen-bond acceptors (Lipinski definition) is 4. The highest BCUT2D eigenvalue weighted by molar-refractivity contribution is 5.66. The van der Waals surface area contributed by atoms with E-state index in [9.17, 15) is 18.0 Å². The summed E-state index contributed by atoms with van der Waals surface area (Å²) in [5.74, 6) is -0.122. The Morgan fingerprint density at radius 3 is 2.36 bits per heavy atom. The average molecular weight is 320 g/mol. The number of alkyl halides is 3. The summed E-state index contributed by atoms with van der Waals surface area (Å²) in [7, 11) is 1.35. The minimum absolute atomic E-state index is 0.241. The maximum absolute atomic E-state index is 12.2. The Bertz CT molecular complexity index is 543. The van der Waals surface area contributed by atoms with Crippen molar-refractivity contribution in [3.8, 4) is 11.5 Å². The number of hydrogen-bond donors (Lipinski definition) is 1. The third-order valence-corrected chi connectivity index (χ3v) is 3.28. The van der Waals surface area contributed by atoms with Gasteiger partial charge in [-0.05, 0) is 12.1 Å². The van der Waals surface area contributed by atoms with E-state index in [4.69, 9.17) is 9.84 Å². The zero-order valence-electron chi connectivity index (χ0n) is 11.8. The van der Waals surface area contributed by atoms with Gasteiger partial charge < -0.3 is 24.4 Å². The third-order valence-electron chi connectivity index (χ3n) is 3.28. The zero-order valence-corrected chi connectivity index (χ0v) is 11.8. The molecule has 1 aromatic rings. The van der Waals surface area contributed by atoms with Gasteiger partial charge in [0.05, 0.1) is 12.8 Å². The number of benzene rings is 1. The van der Waals surface area contributed by atoms with Gasteiger partial charge in [0.1, 0.15) is 11.5 Å². The van der Waals surface area contributed by atoms with Crippen LogP contribution in [0.25, 0.3) is 0 Å². The Kier molecular flexibility index (Phi) is 4.53. The number of piperazine rings is 1. The van der Waals surface area contributed by atoms with E-state index < -0.39 is 12.5 Å². The van der Waals surface area contributed by atoms with Crippen LogP contribution in [0.1, 0.15) is 0 Å². The Labute approximate surface area is 124 Å². The van der Waals surface area contributed by atoms with E-state index in [2.05, 4.69) is 4.74 Å². The van der Waals surface area contributed by atoms with E-state index in [0.29, 0.717) is 31.9 Å². The molecule has 0 bridgehead atoms. The molecule has 0 aliphatic carbocycles. The molecule has 2 rings (SSSR count). The molecule has 1 fully saturated rings. The molecule has 0 aromatic heterocycles. The Balaban J connectivity index is 2.13. The standard InChI is InChI=1S/C13H15F3N2O4/c1-21-11-8-9(22-13(14,15)16)2-3-10(11)17-4-6-18(7-5-17)12(19)20/h2-3,8H,4-7H2,1H3,(H,19,20). The maximum Gasteiger partial charge on any atom is 0.573 e. The molecule has 0 spiro atoms. The summed E-state index contributed by atoms with van der Waals surface area (Å²) in [6.45, 7) is 1.50. The molecule has 0 saturated carbocycles. The first-order chi connectivity index (χ1) is 10.3. The largest absolute Gasteiger partial charge is 0.573 e. The molecule has 0 unspecified atom stereocenters. The van der Waals surface area contributed by atoms with Crippen molar-refractivity contribution in [2.75, 3.05) is 38.2 Å². The van der Waals surface area contributed by atoms with Crippen LogP contribution >= 0.6 is 0 Å². The number of amides is 1. The number of methoxy groups -OCH3 is 1. The Morgan fingerprint density at radius 2 is 1.86 bits per heavy atom. The van der Waals surface area contributed by atoms with Crippen LogP contribution < -0.4 is 14.4 Å². The second kappa shape index (κ2) is 6.20. The van der Waals surface area contributed by atoms with Gasteiger partial charge in [-0.1, -0.05) is 0 Å². The lowest BCUT2D eigenvalue weighted by Crippen LogP contribution is -2.48. The third kappa shape index (κ3) is 3.86. The molecule has 1 heterocycles. The van der Waals surface area contributed by atoms with Crippen molar-refractivity contribution < 1.29 is 32.5 Å². The van der Waals surface area contributed by atoms with Gasteiger partial charge in [-0.3, -0.25) is 0 Å². The molecule has 0 atom stereocenters. The first-order valence-corrected chi connectivity index (χ1v) is 6.47. The Hall–Kier alpha value is -2.32. The number of anilines is 1. The monoisotopic (exact) mass is 320 g/mol. The van der Waals surface area contributed by atoms with Gasteiger partial charge in [0.25, 0.3) is 0 Å². The van der Waals surface area contributed by atoms with E-state index in [1.807, 2.05) is 4.90 Å². The fourth-order valence-corrected chi connectivity index (χ4v) is 2.25. The van der Waals surface area contributed by atoms with Gasteiger partial charge >= 0.3 is 12.5 Å². The molecule has 1 aliphatic heterocycles. The summed E-state index contributed by atoms with van der Waals surface area (Å²) in [5, 5.41) is 8.90. The van der Waals surface area contributed by atoms with Crippen LogP contribution in [0, 0.1) is 0 Å². The van der Waals surface area contributed by atoms with Crippen LogP contribution in [0.5, 0.6) is 11.5 Å². The van der Waals surface area contributed by atoms with Gasteiger partial charge in [0.2, 0.25) is 0 Å². The van der Waals surface area contributed by atoms with Crippen LogP contribution in [0.3, 0.4) is 0 Å². The summed E-state index contributed by atoms with van der Waals surface area (Å²) in [6, 6.07) is 3.83. The van der Waals surface area contributed by atoms with E-state index in [1.165, 1.54) is 24.1 Å². The van der Waals surface area contributed by atoms with E-state index in [0.717, 1.165) is 6.07 Å². The van der Waals surface area contributed by atoms with Crippen molar-refractivity contribution >= 4 is 11.8 Å². The number of rotatable bonds is 3. The van der Waals surface area contributed by atoms with Crippen LogP contribution in [-0.2, 0) is 0 Å². The van der Waals surface area contributed by atoms with Crippen LogP contribution in [-0.4, -0.2) is 55.8 Å². The normalized spacial score (nSPS) is 15.6. The molecular formula is C13H15F3N2O4. The number of nitrogens with zero attached hydrogens (tertiary/aromatic N) is 2. The molecule has 1 N–H and O–H groups in total. The molecule has 6 nitrogen and oxygen atoms in total. The summed E-state index contributed by atoms with van der Waals surface area (Å²) in [6.07, 6.45) is -5.75. The van der Waals surface area contributed by atoms with Crippen LogP contribution in [0.2, 0.25) is 0 Å². The summed E-state index contributed by atoms with van der Waals surface area (Å²) >= 11 is 0. The quantitative estimate of drug-likeness (QED) is 0.926. The topological polar surface area (TPSA) is 62.2 Å². The van der Waals surface area contributed by atoms with Crippen molar-refractivity contribution in [3.05, 3.63) is 18.2 Å². The molecule has 1 amide bonds. The lowest BCUT2D eigenvalue weighted by molar-refractivity contribution is -0.274. The van der Waals surface area contributed by atoms with Gasteiger partial charge in [-0.25, -0.2) is 4.79 Å². The first-order valence-electron chi connectivity index (χ1n) is 6.47. The highest BCUT2D eigenvalue weighted by Crippen LogP contribution is 2.34. The van der Waals surface area contributed by atoms with Gasteiger partial charge in [0, 0.05) is 32.2 Å². The minimum Gasteiger partial charge on any atom is -0.494 e. The Morgan fingerprint density at radius 1 is 1.23 bits per heavy atom. The first kappa shape index (κ1) is 16.1. The average Bonchev–Trinajstić information content (AvgIpc) is 2.45. The van der Waals surface area contributed by atoms with E-state index >= 15 is 0 Å². The van der Waals surface area contributed by atoms with Crippen molar-refractivity contribution in [1.82, 2.24) is 4.90 Å². The van der Waals surface area contributed by atoms with Gasteiger partial charge in [0.15, 0.2) is 0 Å². The number of ether oxygens (including phenoxy) is 2. The highest BCUT2D eigenvalue weighted by Gasteiger charge is 2.31. The maximum atomic E-state index is 12.2. The predicted octanol–water partition coefficient (Wildman–Crippen LogP) is 2.39. The molecule has 22 heavy (non-hydrogen) atoms. The molecule has 122 valence electrons. The molecule has 1 aliphatic rings. The second-order valence-corrected chi connectivity index (χ2v) is 4.64. The molecule has 1 aromatic carbocycles. The molecular weight excluding hydrogens is 305 g/mol. The number of halogens is 3. The van der Waals surface area contributed by atoms with Crippen LogP contribution in [0.4, 0.5) is 23.7 Å². The lowest BCUT2D eigenvalue weighted by Gasteiger charge is -2.35. The minimum atomic E-state index is -4.76. The fourth-order valence-electron chi connectivity index (χ4n) is 2.25. The van der Waals surface area contributed by atoms with E-state index in [1.54, 1.807) is 0 Å². The van der Waals surface area contributed by atoms with Crippen molar-refractivity contribution in [2.45, 2.75) is 6.36 Å².